The predicted molar refractivity (Wildman–Crippen MR) is 68.2 cm³/mol. The summed E-state index contributed by atoms with van der Waals surface area (Å²) in [6, 6.07) is 4.36. The number of hydrogen-bond donors (Lipinski definition) is 2. The highest BCUT2D eigenvalue weighted by atomic mass is 79.9. The topological polar surface area (TPSA) is 55.1 Å². The number of anilines is 1. The van der Waals surface area contributed by atoms with E-state index in [2.05, 4.69) is 21.2 Å². The first-order valence-corrected chi connectivity index (χ1v) is 5.30. The van der Waals surface area contributed by atoms with E-state index >= 15 is 0 Å². The molecule has 0 aliphatic rings. The van der Waals surface area contributed by atoms with Crippen molar-refractivity contribution in [2.24, 2.45) is 11.7 Å². The van der Waals surface area contributed by atoms with Gasteiger partial charge in [0.15, 0.2) is 0 Å². The summed E-state index contributed by atoms with van der Waals surface area (Å²) < 4.78 is 13.9. The second-order valence-electron chi connectivity index (χ2n) is 3.25. The number of carbonyl (C=O) groups excluding carboxylic acids is 1. The number of nitrogens with two attached hydrogens (primary N) is 1. The first kappa shape index (κ1) is 15.3. The molecule has 0 bridgehead atoms. The average Bonchev–Trinajstić information content (AvgIpc) is 2.22. The smallest absolute Gasteiger partial charge is 0.228 e. The van der Waals surface area contributed by atoms with Gasteiger partial charge in [0.1, 0.15) is 5.82 Å². The van der Waals surface area contributed by atoms with E-state index in [1.165, 1.54) is 12.1 Å². The molecule has 0 aliphatic carbocycles. The van der Waals surface area contributed by atoms with Crippen LogP contribution in [0.1, 0.15) is 6.92 Å². The molecule has 0 heterocycles. The number of nitrogens with one attached hydrogen (secondary N) is 1. The van der Waals surface area contributed by atoms with Crippen LogP contribution in [-0.2, 0) is 4.79 Å². The van der Waals surface area contributed by atoms with Gasteiger partial charge in [0, 0.05) is 16.9 Å². The van der Waals surface area contributed by atoms with Crippen LogP contribution in [0, 0.1) is 11.7 Å². The van der Waals surface area contributed by atoms with E-state index in [1.54, 1.807) is 13.0 Å². The summed E-state index contributed by atoms with van der Waals surface area (Å²) in [6.07, 6.45) is 0. The summed E-state index contributed by atoms with van der Waals surface area (Å²) >= 11 is 3.20. The largest absolute Gasteiger partial charge is 0.330 e. The van der Waals surface area contributed by atoms with E-state index in [9.17, 15) is 9.18 Å². The van der Waals surface area contributed by atoms with E-state index in [0.717, 1.165) is 0 Å². The number of carbonyl (C=O) groups is 1. The summed E-state index contributed by atoms with van der Waals surface area (Å²) in [5, 5.41) is 2.48. The molecule has 0 fully saturated rings. The highest BCUT2D eigenvalue weighted by molar-refractivity contribution is 9.10. The van der Waals surface area contributed by atoms with Gasteiger partial charge in [-0.25, -0.2) is 4.39 Å². The molecule has 1 atom stereocenters. The van der Waals surface area contributed by atoms with Crippen LogP contribution in [-0.4, -0.2) is 12.5 Å². The van der Waals surface area contributed by atoms with Gasteiger partial charge < -0.3 is 11.1 Å². The molecule has 0 saturated heterocycles. The minimum atomic E-state index is -0.462. The molecule has 6 heteroatoms. The number of rotatable bonds is 3. The predicted octanol–water partition coefficient (Wildman–Crippen LogP) is 2.54. The zero-order chi connectivity index (χ0) is 11.4. The molecule has 0 aromatic heterocycles. The van der Waals surface area contributed by atoms with Gasteiger partial charge >= 0.3 is 0 Å². The van der Waals surface area contributed by atoms with Crippen LogP contribution in [0.5, 0.6) is 0 Å². The lowest BCUT2D eigenvalue weighted by Crippen LogP contribution is -2.27. The zero-order valence-corrected chi connectivity index (χ0v) is 11.1. The Kier molecular flexibility index (Phi) is 6.55. The van der Waals surface area contributed by atoms with Gasteiger partial charge in [0.05, 0.1) is 5.69 Å². The van der Waals surface area contributed by atoms with Gasteiger partial charge in [0.25, 0.3) is 0 Å². The van der Waals surface area contributed by atoms with Crippen molar-refractivity contribution in [3.63, 3.8) is 0 Å². The van der Waals surface area contributed by atoms with E-state index in [-0.39, 0.29) is 36.5 Å². The summed E-state index contributed by atoms with van der Waals surface area (Å²) in [5.74, 6) is -1.08. The van der Waals surface area contributed by atoms with Crippen molar-refractivity contribution in [1.29, 1.82) is 0 Å². The van der Waals surface area contributed by atoms with Gasteiger partial charge in [-0.2, -0.15) is 0 Å². The van der Waals surface area contributed by atoms with Crippen molar-refractivity contribution in [3.8, 4) is 0 Å². The molecule has 0 radical (unpaired) electrons. The van der Waals surface area contributed by atoms with Crippen molar-refractivity contribution in [3.05, 3.63) is 28.5 Å². The van der Waals surface area contributed by atoms with Gasteiger partial charge in [-0.1, -0.05) is 22.9 Å². The SMILES string of the molecule is CC(CN)C(=O)Nc1cc(Br)ccc1F.Cl. The standard InChI is InChI=1S/C10H12BrFN2O.ClH/c1-6(5-13)10(15)14-9-4-7(11)2-3-8(9)12;/h2-4,6H,5,13H2,1H3,(H,14,15);1H. The van der Waals surface area contributed by atoms with E-state index in [4.69, 9.17) is 5.73 Å². The average molecular weight is 312 g/mol. The first-order valence-electron chi connectivity index (χ1n) is 4.50. The maximum atomic E-state index is 13.2. The lowest BCUT2D eigenvalue weighted by Gasteiger charge is -2.10. The summed E-state index contributed by atoms with van der Waals surface area (Å²) in [7, 11) is 0. The number of halogens is 3. The molecule has 1 amide bonds. The number of benzene rings is 1. The van der Waals surface area contributed by atoms with Gasteiger partial charge in [-0.3, -0.25) is 4.79 Å². The Morgan fingerprint density at radius 1 is 1.62 bits per heavy atom. The van der Waals surface area contributed by atoms with Crippen LogP contribution in [0.4, 0.5) is 10.1 Å². The molecular weight excluding hydrogens is 298 g/mol. The van der Waals surface area contributed by atoms with Crippen LogP contribution in [0.2, 0.25) is 0 Å². The van der Waals surface area contributed by atoms with Crippen molar-refractivity contribution in [1.82, 2.24) is 0 Å². The molecule has 16 heavy (non-hydrogen) atoms. The molecule has 0 spiro atoms. The van der Waals surface area contributed by atoms with Gasteiger partial charge in [-0.05, 0) is 18.2 Å². The lowest BCUT2D eigenvalue weighted by molar-refractivity contribution is -0.119. The van der Waals surface area contributed by atoms with Gasteiger partial charge in [0.2, 0.25) is 5.91 Å². The van der Waals surface area contributed by atoms with Crippen LogP contribution in [0.25, 0.3) is 0 Å². The van der Waals surface area contributed by atoms with E-state index in [0.29, 0.717) is 4.47 Å². The molecule has 1 aromatic carbocycles. The Bertz CT molecular complexity index is 376. The minimum Gasteiger partial charge on any atom is -0.330 e. The third-order valence-corrected chi connectivity index (χ3v) is 2.48. The third kappa shape index (κ3) is 4.08. The highest BCUT2D eigenvalue weighted by Crippen LogP contribution is 2.20. The molecule has 1 aromatic rings. The lowest BCUT2D eigenvalue weighted by atomic mass is 10.1. The molecule has 0 aliphatic heterocycles. The maximum absolute atomic E-state index is 13.2. The molecule has 3 N–H and O–H groups in total. The van der Waals surface area contributed by atoms with Crippen molar-refractivity contribution >= 4 is 39.9 Å². The Morgan fingerprint density at radius 2 is 2.25 bits per heavy atom. The third-order valence-electron chi connectivity index (χ3n) is 1.99. The Morgan fingerprint density at radius 3 is 2.81 bits per heavy atom. The second kappa shape index (κ2) is 6.83. The molecule has 1 rings (SSSR count). The number of amides is 1. The summed E-state index contributed by atoms with van der Waals surface area (Å²) in [5.41, 5.74) is 5.49. The van der Waals surface area contributed by atoms with Gasteiger partial charge in [-0.15, -0.1) is 12.4 Å². The highest BCUT2D eigenvalue weighted by Gasteiger charge is 2.13. The van der Waals surface area contributed by atoms with Crippen LogP contribution < -0.4 is 11.1 Å². The molecule has 1 unspecified atom stereocenters. The van der Waals surface area contributed by atoms with Crippen LogP contribution in [0.15, 0.2) is 22.7 Å². The first-order chi connectivity index (χ1) is 7.04. The minimum absolute atomic E-state index is 0. The van der Waals surface area contributed by atoms with Crippen LogP contribution in [0.3, 0.4) is 0 Å². The molecule has 3 nitrogen and oxygen atoms in total. The van der Waals surface area contributed by atoms with Crippen LogP contribution >= 0.6 is 28.3 Å². The van der Waals surface area contributed by atoms with Crippen molar-refractivity contribution in [2.45, 2.75) is 6.92 Å². The van der Waals surface area contributed by atoms with Crippen molar-refractivity contribution in [2.75, 3.05) is 11.9 Å². The fraction of sp³-hybridized carbons (Fsp3) is 0.300. The monoisotopic (exact) mass is 310 g/mol. The fourth-order valence-electron chi connectivity index (χ4n) is 0.956. The summed E-state index contributed by atoms with van der Waals surface area (Å²) in [4.78, 5) is 11.4. The fourth-order valence-corrected chi connectivity index (χ4v) is 1.32. The van der Waals surface area contributed by atoms with E-state index in [1.807, 2.05) is 0 Å². The Labute approximate surface area is 108 Å². The molecular formula is C10H13BrClFN2O. The summed E-state index contributed by atoms with van der Waals surface area (Å²) in [6.45, 7) is 1.92. The number of hydrogen-bond acceptors (Lipinski definition) is 2. The quantitative estimate of drug-likeness (QED) is 0.901. The molecule has 0 saturated carbocycles. The maximum Gasteiger partial charge on any atom is 0.228 e. The Balaban J connectivity index is 0.00000225. The molecule has 90 valence electrons. The second-order valence-corrected chi connectivity index (χ2v) is 4.17. The normalized spacial score (nSPS) is 11.5. The zero-order valence-electron chi connectivity index (χ0n) is 8.67. The Hall–Kier alpha value is -0.650. The van der Waals surface area contributed by atoms with E-state index < -0.39 is 5.82 Å². The van der Waals surface area contributed by atoms with Crippen molar-refractivity contribution < 1.29 is 9.18 Å².